The van der Waals surface area contributed by atoms with Crippen molar-refractivity contribution < 1.29 is 4.65 Å². The lowest BCUT2D eigenvalue weighted by atomic mass is 9.65. The third-order valence-corrected chi connectivity index (χ3v) is 3.98. The largest absolute Gasteiger partial charge is 0.633 e. The van der Waals surface area contributed by atoms with E-state index in [4.69, 9.17) is 0 Å². The first kappa shape index (κ1) is 7.10. The quantitative estimate of drug-likeness (QED) is 0.303. The minimum Gasteiger partial charge on any atom is -0.633 e. The van der Waals surface area contributed by atoms with Gasteiger partial charge in [0.2, 0.25) is 0 Å². The van der Waals surface area contributed by atoms with E-state index in [-0.39, 0.29) is 4.65 Å². The van der Waals surface area contributed by atoms with Crippen LogP contribution in [0.25, 0.3) is 0 Å². The van der Waals surface area contributed by atoms with Crippen LogP contribution >= 0.6 is 0 Å². The zero-order valence-corrected chi connectivity index (χ0v) is 7.33. The Morgan fingerprint density at radius 3 is 2.25 bits per heavy atom. The maximum Gasteiger partial charge on any atom is 0.0850 e. The fraction of sp³-hybridized carbons (Fsp3) is 0.800. The van der Waals surface area contributed by atoms with Gasteiger partial charge in [0.25, 0.3) is 0 Å². The van der Waals surface area contributed by atoms with Crippen molar-refractivity contribution in [3.63, 3.8) is 0 Å². The highest BCUT2D eigenvalue weighted by atomic mass is 16.5. The minimum absolute atomic E-state index is 0.110. The number of rotatable bonds is 0. The van der Waals surface area contributed by atoms with Gasteiger partial charge in [0.1, 0.15) is 0 Å². The van der Waals surface area contributed by atoms with Crippen molar-refractivity contribution >= 4 is 0 Å². The summed E-state index contributed by atoms with van der Waals surface area (Å²) in [6, 6.07) is 0. The van der Waals surface area contributed by atoms with E-state index in [2.05, 4.69) is 6.58 Å². The van der Waals surface area contributed by atoms with Crippen molar-refractivity contribution in [3.8, 4) is 0 Å². The first-order valence-corrected chi connectivity index (χ1v) is 4.92. The molecule has 0 spiro atoms. The standard InChI is InChI=1S/C10H15NO/c1-7-9-2-8-3-10(7)6-11(12,4-8)5-9/h8-10H,1-6H2/t8?,9-,10+,11?. The van der Waals surface area contributed by atoms with Gasteiger partial charge in [-0.15, -0.1) is 0 Å². The van der Waals surface area contributed by atoms with Gasteiger partial charge in [-0.1, -0.05) is 12.2 Å². The zero-order chi connectivity index (χ0) is 8.34. The summed E-state index contributed by atoms with van der Waals surface area (Å²) < 4.78 is 0.110. The number of piperidine rings is 3. The molecule has 4 rings (SSSR count). The molecule has 12 heavy (non-hydrogen) atoms. The van der Waals surface area contributed by atoms with Gasteiger partial charge in [-0.05, 0) is 12.8 Å². The zero-order valence-electron chi connectivity index (χ0n) is 7.33. The molecule has 1 aliphatic carbocycles. The topological polar surface area (TPSA) is 23.1 Å². The van der Waals surface area contributed by atoms with E-state index in [1.807, 2.05) is 0 Å². The van der Waals surface area contributed by atoms with Crippen LogP contribution in [0.5, 0.6) is 0 Å². The Morgan fingerprint density at radius 2 is 1.75 bits per heavy atom. The van der Waals surface area contributed by atoms with Crippen LogP contribution in [0.4, 0.5) is 0 Å². The summed E-state index contributed by atoms with van der Waals surface area (Å²) in [5.41, 5.74) is 1.40. The molecule has 0 N–H and O–H groups in total. The van der Waals surface area contributed by atoms with Gasteiger partial charge in [-0.3, -0.25) is 0 Å². The molecule has 66 valence electrons. The Balaban J connectivity index is 2.00. The average Bonchev–Trinajstić information content (AvgIpc) is 1.96. The van der Waals surface area contributed by atoms with Crippen LogP contribution in [-0.2, 0) is 0 Å². The Bertz CT molecular complexity index is 230. The van der Waals surface area contributed by atoms with Gasteiger partial charge in [-0.2, -0.15) is 0 Å². The van der Waals surface area contributed by atoms with Crippen LogP contribution in [0.15, 0.2) is 12.2 Å². The maximum absolute atomic E-state index is 12.0. The van der Waals surface area contributed by atoms with Crippen molar-refractivity contribution in [2.24, 2.45) is 17.8 Å². The molecule has 0 aromatic carbocycles. The van der Waals surface area contributed by atoms with E-state index in [1.54, 1.807) is 0 Å². The number of nitrogens with zero attached hydrogens (tertiary/aromatic N) is 1. The Hall–Kier alpha value is -0.340. The second-order valence-corrected chi connectivity index (χ2v) is 4.91. The Labute approximate surface area is 73.0 Å². The van der Waals surface area contributed by atoms with Crippen molar-refractivity contribution in [1.29, 1.82) is 0 Å². The monoisotopic (exact) mass is 165 g/mol. The Morgan fingerprint density at radius 1 is 1.17 bits per heavy atom. The van der Waals surface area contributed by atoms with E-state index >= 15 is 0 Å². The first-order chi connectivity index (χ1) is 5.66. The molecule has 1 saturated carbocycles. The van der Waals surface area contributed by atoms with Gasteiger partial charge in [-0.25, -0.2) is 0 Å². The molecule has 3 heterocycles. The Kier molecular flexibility index (Phi) is 1.15. The summed E-state index contributed by atoms with van der Waals surface area (Å²) in [5.74, 6) is 1.88. The molecule has 4 bridgehead atoms. The molecule has 0 radical (unpaired) electrons. The van der Waals surface area contributed by atoms with Crippen molar-refractivity contribution in [2.45, 2.75) is 12.8 Å². The molecule has 3 aliphatic heterocycles. The molecule has 2 nitrogen and oxygen atoms in total. The number of hydroxylamine groups is 3. The summed E-state index contributed by atoms with van der Waals surface area (Å²) in [4.78, 5) is 0. The highest BCUT2D eigenvalue weighted by Gasteiger charge is 2.49. The molecule has 3 saturated heterocycles. The molecular formula is C10H15NO. The maximum atomic E-state index is 12.0. The molecule has 0 aromatic rings. The van der Waals surface area contributed by atoms with E-state index in [0.29, 0.717) is 11.8 Å². The molecule has 4 fully saturated rings. The fourth-order valence-electron chi connectivity index (χ4n) is 3.57. The molecule has 4 atom stereocenters. The number of quaternary nitrogens is 1. The van der Waals surface area contributed by atoms with E-state index in [1.165, 1.54) is 18.4 Å². The van der Waals surface area contributed by atoms with Crippen LogP contribution in [0.3, 0.4) is 0 Å². The lowest BCUT2D eigenvalue weighted by Crippen LogP contribution is -2.63. The normalized spacial score (nSPS) is 56.4. The summed E-state index contributed by atoms with van der Waals surface area (Å²) in [7, 11) is 0. The van der Waals surface area contributed by atoms with Crippen LogP contribution in [-0.4, -0.2) is 24.3 Å². The van der Waals surface area contributed by atoms with Crippen LogP contribution in [0.1, 0.15) is 12.8 Å². The van der Waals surface area contributed by atoms with Crippen molar-refractivity contribution in [3.05, 3.63) is 17.4 Å². The van der Waals surface area contributed by atoms with Gasteiger partial charge >= 0.3 is 0 Å². The van der Waals surface area contributed by atoms with Crippen molar-refractivity contribution in [1.82, 2.24) is 0 Å². The number of hydrogen-bond donors (Lipinski definition) is 0. The van der Waals surface area contributed by atoms with Crippen LogP contribution in [0, 0.1) is 23.0 Å². The lowest BCUT2D eigenvalue weighted by Gasteiger charge is -2.61. The van der Waals surface area contributed by atoms with Gasteiger partial charge in [0.15, 0.2) is 0 Å². The van der Waals surface area contributed by atoms with E-state index < -0.39 is 0 Å². The second kappa shape index (κ2) is 1.94. The fourth-order valence-corrected chi connectivity index (χ4v) is 3.57. The lowest BCUT2D eigenvalue weighted by molar-refractivity contribution is -0.906. The molecular weight excluding hydrogens is 150 g/mol. The summed E-state index contributed by atoms with van der Waals surface area (Å²) >= 11 is 0. The number of hydrogen-bond acceptors (Lipinski definition) is 1. The highest BCUT2D eigenvalue weighted by Crippen LogP contribution is 2.48. The van der Waals surface area contributed by atoms with E-state index in [0.717, 1.165) is 25.6 Å². The third-order valence-electron chi connectivity index (χ3n) is 3.98. The molecule has 4 aliphatic rings. The molecule has 0 amide bonds. The van der Waals surface area contributed by atoms with Gasteiger partial charge in [0.05, 0.1) is 19.6 Å². The smallest absolute Gasteiger partial charge is 0.0850 e. The summed E-state index contributed by atoms with van der Waals surface area (Å²) in [5, 5.41) is 12.0. The molecule has 0 aromatic heterocycles. The molecule has 2 unspecified atom stereocenters. The second-order valence-electron chi connectivity index (χ2n) is 4.91. The summed E-state index contributed by atoms with van der Waals surface area (Å²) in [6.45, 7) is 6.72. The van der Waals surface area contributed by atoms with Gasteiger partial charge in [0, 0.05) is 17.8 Å². The van der Waals surface area contributed by atoms with Crippen LogP contribution in [0.2, 0.25) is 0 Å². The predicted molar refractivity (Wildman–Crippen MR) is 47.1 cm³/mol. The SMILES string of the molecule is C=C1[C@@H]2CC3C[C@H]1C[N+]([O-])(C3)C2. The minimum atomic E-state index is 0.110. The highest BCUT2D eigenvalue weighted by molar-refractivity contribution is 5.14. The first-order valence-electron chi connectivity index (χ1n) is 4.92. The molecule has 2 heteroatoms. The van der Waals surface area contributed by atoms with E-state index in [9.17, 15) is 5.21 Å². The van der Waals surface area contributed by atoms with Crippen LogP contribution < -0.4 is 0 Å². The third kappa shape index (κ3) is 0.771. The van der Waals surface area contributed by atoms with Crippen molar-refractivity contribution in [2.75, 3.05) is 19.6 Å². The van der Waals surface area contributed by atoms with Gasteiger partial charge < -0.3 is 9.85 Å². The predicted octanol–water partition coefficient (Wildman–Crippen LogP) is 1.53. The average molecular weight is 165 g/mol. The summed E-state index contributed by atoms with van der Waals surface area (Å²) in [6.07, 6.45) is 2.52.